The fourth-order valence-corrected chi connectivity index (χ4v) is 1.58. The van der Waals surface area contributed by atoms with Crippen LogP contribution in [0, 0.1) is 0 Å². The summed E-state index contributed by atoms with van der Waals surface area (Å²) in [5.74, 6) is -2.31. The third-order valence-electron chi connectivity index (χ3n) is 2.62. The summed E-state index contributed by atoms with van der Waals surface area (Å²) in [4.78, 5) is 32.7. The summed E-state index contributed by atoms with van der Waals surface area (Å²) < 4.78 is 0. The van der Waals surface area contributed by atoms with Crippen molar-refractivity contribution in [2.24, 2.45) is 5.73 Å². The Kier molecular flexibility index (Phi) is 9.42. The average molecular weight is 274 g/mol. The quantitative estimate of drug-likeness (QED) is 0.402. The third kappa shape index (κ3) is 10.0. The van der Waals surface area contributed by atoms with Crippen LogP contribution < -0.4 is 11.1 Å². The molecule has 0 aromatic heterocycles. The highest BCUT2D eigenvalue weighted by molar-refractivity contribution is 5.83. The van der Waals surface area contributed by atoms with Crippen LogP contribution in [0.15, 0.2) is 0 Å². The van der Waals surface area contributed by atoms with Gasteiger partial charge in [-0.3, -0.25) is 9.59 Å². The van der Waals surface area contributed by atoms with Crippen molar-refractivity contribution in [1.82, 2.24) is 5.32 Å². The Morgan fingerprint density at radius 3 is 2.16 bits per heavy atom. The van der Waals surface area contributed by atoms with E-state index >= 15 is 0 Å². The van der Waals surface area contributed by atoms with Crippen LogP contribution >= 0.6 is 0 Å². The minimum atomic E-state index is -1.06. The summed E-state index contributed by atoms with van der Waals surface area (Å²) in [6, 6.07) is -0.890. The van der Waals surface area contributed by atoms with Crippen molar-refractivity contribution in [3.63, 3.8) is 0 Å². The highest BCUT2D eigenvalue weighted by Gasteiger charge is 2.18. The lowest BCUT2D eigenvalue weighted by molar-refractivity contribution is -0.142. The normalized spacial score (nSPS) is 11.8. The first kappa shape index (κ1) is 17.4. The molecule has 0 aliphatic heterocycles. The van der Waals surface area contributed by atoms with E-state index < -0.39 is 18.0 Å². The molecular weight excluding hydrogens is 252 g/mol. The first-order valence-corrected chi connectivity index (χ1v) is 6.41. The topological polar surface area (TPSA) is 130 Å². The van der Waals surface area contributed by atoms with Gasteiger partial charge in [0, 0.05) is 12.8 Å². The monoisotopic (exact) mass is 274 g/mol. The molecule has 0 bridgehead atoms. The van der Waals surface area contributed by atoms with Crippen molar-refractivity contribution in [2.75, 3.05) is 6.54 Å². The van der Waals surface area contributed by atoms with Gasteiger partial charge in [-0.25, -0.2) is 4.79 Å². The maximum atomic E-state index is 11.5. The molecule has 1 amide bonds. The number of nitrogens with one attached hydrogen (secondary N) is 1. The minimum Gasteiger partial charge on any atom is -0.481 e. The number of aliphatic carboxylic acids is 2. The first-order valence-electron chi connectivity index (χ1n) is 6.41. The van der Waals surface area contributed by atoms with Crippen LogP contribution in [0.3, 0.4) is 0 Å². The molecule has 0 saturated carbocycles. The van der Waals surface area contributed by atoms with E-state index in [1.54, 1.807) is 0 Å². The number of carboxylic acids is 2. The predicted octanol–water partition coefficient (Wildman–Crippen LogP) is 0.330. The van der Waals surface area contributed by atoms with Crippen molar-refractivity contribution in [2.45, 2.75) is 51.0 Å². The molecular formula is C12H22N2O5. The van der Waals surface area contributed by atoms with Crippen LogP contribution in [0.2, 0.25) is 0 Å². The second-order valence-corrected chi connectivity index (χ2v) is 4.34. The van der Waals surface area contributed by atoms with Crippen molar-refractivity contribution in [3.05, 3.63) is 0 Å². The Labute approximate surface area is 112 Å². The fraction of sp³-hybridized carbons (Fsp3) is 0.750. The largest absolute Gasteiger partial charge is 0.481 e. The first-order chi connectivity index (χ1) is 8.97. The van der Waals surface area contributed by atoms with Gasteiger partial charge >= 0.3 is 11.9 Å². The van der Waals surface area contributed by atoms with E-state index in [4.69, 9.17) is 15.9 Å². The molecule has 0 rings (SSSR count). The lowest BCUT2D eigenvalue weighted by Gasteiger charge is -2.14. The van der Waals surface area contributed by atoms with Crippen molar-refractivity contribution < 1.29 is 24.6 Å². The van der Waals surface area contributed by atoms with Crippen LogP contribution in [0.5, 0.6) is 0 Å². The number of carbonyl (C=O) groups excluding carboxylic acids is 1. The smallest absolute Gasteiger partial charge is 0.326 e. The Hall–Kier alpha value is -1.63. The van der Waals surface area contributed by atoms with E-state index in [1.807, 2.05) is 0 Å². The van der Waals surface area contributed by atoms with E-state index in [0.717, 1.165) is 6.42 Å². The van der Waals surface area contributed by atoms with Crippen molar-refractivity contribution in [1.29, 1.82) is 0 Å². The molecule has 0 spiro atoms. The van der Waals surface area contributed by atoms with E-state index in [2.05, 4.69) is 5.32 Å². The minimum absolute atomic E-state index is 0.0200. The summed E-state index contributed by atoms with van der Waals surface area (Å²) in [6.07, 6.45) is 2.74. The van der Waals surface area contributed by atoms with Crippen molar-refractivity contribution >= 4 is 17.8 Å². The highest BCUT2D eigenvalue weighted by atomic mass is 16.4. The molecule has 0 saturated heterocycles. The highest BCUT2D eigenvalue weighted by Crippen LogP contribution is 2.04. The zero-order valence-corrected chi connectivity index (χ0v) is 10.9. The van der Waals surface area contributed by atoms with Crippen LogP contribution in [0.4, 0.5) is 0 Å². The van der Waals surface area contributed by atoms with Gasteiger partial charge in [-0.05, 0) is 38.6 Å². The number of carboxylic acid groups (broad SMARTS) is 2. The Morgan fingerprint density at radius 1 is 1.00 bits per heavy atom. The lowest BCUT2D eigenvalue weighted by atomic mass is 10.1. The average Bonchev–Trinajstić information content (AvgIpc) is 2.33. The number of nitrogens with two attached hydrogens (primary N) is 1. The maximum absolute atomic E-state index is 11.5. The van der Waals surface area contributed by atoms with Crippen molar-refractivity contribution in [3.8, 4) is 0 Å². The maximum Gasteiger partial charge on any atom is 0.326 e. The number of rotatable bonds is 11. The Bertz CT molecular complexity index is 306. The summed E-state index contributed by atoms with van der Waals surface area (Å²) in [5, 5.41) is 19.8. The van der Waals surface area contributed by atoms with Gasteiger partial charge in [0.05, 0.1) is 0 Å². The van der Waals surface area contributed by atoms with E-state index in [0.29, 0.717) is 32.2 Å². The zero-order chi connectivity index (χ0) is 14.7. The third-order valence-corrected chi connectivity index (χ3v) is 2.62. The van der Waals surface area contributed by atoms with Crippen LogP contribution in [0.25, 0.3) is 0 Å². The molecule has 19 heavy (non-hydrogen) atoms. The summed E-state index contributed by atoms with van der Waals surface area (Å²) in [5.41, 5.74) is 5.31. The number of hydrogen-bond acceptors (Lipinski definition) is 4. The molecule has 0 aliphatic rings. The molecule has 0 aromatic carbocycles. The predicted molar refractivity (Wildman–Crippen MR) is 68.6 cm³/mol. The van der Waals surface area contributed by atoms with Gasteiger partial charge in [-0.2, -0.15) is 0 Å². The van der Waals surface area contributed by atoms with Crippen LogP contribution in [0.1, 0.15) is 44.9 Å². The summed E-state index contributed by atoms with van der Waals surface area (Å²) in [7, 11) is 0. The van der Waals surface area contributed by atoms with Gasteiger partial charge in [0.2, 0.25) is 5.91 Å². The summed E-state index contributed by atoms with van der Waals surface area (Å²) in [6.45, 7) is 0.496. The standard InChI is InChI=1S/C12H22N2O5/c13-8-4-3-5-9(12(18)19)14-10(15)6-1-2-7-11(16)17/h9H,1-8,13H2,(H,14,15)(H,16,17)(H,18,19)/t9-/m0/s1. The molecule has 0 aromatic rings. The zero-order valence-electron chi connectivity index (χ0n) is 10.9. The molecule has 1 atom stereocenters. The van der Waals surface area contributed by atoms with E-state index in [1.165, 1.54) is 0 Å². The molecule has 0 heterocycles. The van der Waals surface area contributed by atoms with Gasteiger partial charge < -0.3 is 21.3 Å². The van der Waals surface area contributed by atoms with Crippen LogP contribution in [-0.4, -0.2) is 40.6 Å². The molecule has 0 aliphatic carbocycles. The lowest BCUT2D eigenvalue weighted by Crippen LogP contribution is -2.40. The second kappa shape index (κ2) is 10.3. The SMILES string of the molecule is NCCCC[C@H](NC(=O)CCCCC(=O)O)C(=O)O. The molecule has 5 N–H and O–H groups in total. The molecule has 110 valence electrons. The Morgan fingerprint density at radius 2 is 1.63 bits per heavy atom. The molecule has 0 unspecified atom stereocenters. The number of unbranched alkanes of at least 4 members (excludes halogenated alkanes) is 2. The number of amides is 1. The number of hydrogen-bond donors (Lipinski definition) is 4. The van der Waals surface area contributed by atoms with Gasteiger partial charge in [-0.1, -0.05) is 0 Å². The van der Waals surface area contributed by atoms with E-state index in [-0.39, 0.29) is 18.7 Å². The van der Waals surface area contributed by atoms with E-state index in [9.17, 15) is 14.4 Å². The molecule has 0 fully saturated rings. The van der Waals surface area contributed by atoms with Gasteiger partial charge in [-0.15, -0.1) is 0 Å². The molecule has 7 heteroatoms. The Balaban J connectivity index is 3.89. The fourth-order valence-electron chi connectivity index (χ4n) is 1.58. The summed E-state index contributed by atoms with van der Waals surface area (Å²) >= 11 is 0. The molecule has 7 nitrogen and oxygen atoms in total. The van der Waals surface area contributed by atoms with Crippen LogP contribution in [-0.2, 0) is 14.4 Å². The molecule has 0 radical (unpaired) electrons. The van der Waals surface area contributed by atoms with Gasteiger partial charge in [0.15, 0.2) is 0 Å². The second-order valence-electron chi connectivity index (χ2n) is 4.34. The number of carbonyl (C=O) groups is 3. The van der Waals surface area contributed by atoms with Gasteiger partial charge in [0.1, 0.15) is 6.04 Å². The van der Waals surface area contributed by atoms with Gasteiger partial charge in [0.25, 0.3) is 0 Å².